The van der Waals surface area contributed by atoms with Crippen LogP contribution in [0.5, 0.6) is 5.75 Å². The number of benzene rings is 2. The van der Waals surface area contributed by atoms with Gasteiger partial charge in [-0.2, -0.15) is 13.2 Å². The molecule has 0 radical (unpaired) electrons. The highest BCUT2D eigenvalue weighted by Gasteiger charge is 2.48. The van der Waals surface area contributed by atoms with E-state index in [9.17, 15) is 22.2 Å². The molecule has 7 nitrogen and oxygen atoms in total. The van der Waals surface area contributed by atoms with Crippen molar-refractivity contribution in [3.8, 4) is 5.75 Å². The Morgan fingerprint density at radius 2 is 1.89 bits per heavy atom. The first-order valence-electron chi connectivity index (χ1n) is 12.2. The lowest BCUT2D eigenvalue weighted by molar-refractivity contribution is -0.141. The van der Waals surface area contributed by atoms with E-state index in [2.05, 4.69) is 10.2 Å². The predicted molar refractivity (Wildman–Crippen MR) is 133 cm³/mol. The number of ether oxygens (including phenoxy) is 2. The van der Waals surface area contributed by atoms with Gasteiger partial charge in [0, 0.05) is 37.5 Å². The summed E-state index contributed by atoms with van der Waals surface area (Å²) in [6, 6.07) is 11.4. The van der Waals surface area contributed by atoms with Crippen molar-refractivity contribution in [2.75, 3.05) is 32.6 Å². The number of hydrogen-bond acceptors (Lipinski definition) is 6. The van der Waals surface area contributed by atoms with Crippen molar-refractivity contribution in [1.82, 2.24) is 10.2 Å². The molecule has 2 fully saturated rings. The van der Waals surface area contributed by atoms with Gasteiger partial charge in [0.05, 0.1) is 21.3 Å². The Hall–Kier alpha value is -2.63. The van der Waals surface area contributed by atoms with Gasteiger partial charge in [0.2, 0.25) is 5.91 Å². The molecule has 0 bridgehead atoms. The predicted octanol–water partition coefficient (Wildman–Crippen LogP) is 4.62. The normalized spacial score (nSPS) is 22.7. The topological polar surface area (TPSA) is 91.7 Å². The Bertz CT molecular complexity index is 1210. The Morgan fingerprint density at radius 3 is 2.51 bits per heavy atom. The monoisotopic (exact) mass is 539 g/mol. The maximum Gasteiger partial charge on any atom is 0.416 e. The minimum atomic E-state index is -4.45. The van der Waals surface area contributed by atoms with E-state index in [1.165, 1.54) is 18.4 Å². The maximum atomic E-state index is 13.7. The van der Waals surface area contributed by atoms with E-state index in [1.54, 1.807) is 24.3 Å². The second-order valence-corrected chi connectivity index (χ2v) is 11.9. The van der Waals surface area contributed by atoms with E-state index in [4.69, 9.17) is 14.3 Å². The number of halogens is 3. The molecule has 11 heteroatoms. The van der Waals surface area contributed by atoms with Crippen LogP contribution >= 0.6 is 0 Å². The SMILES string of the molecule is CC(NC(=O)C1(N2CC[C@@H](Oc3cccc(C(F)(F)F)c3)C2)CCOCC1)c1ccc(S(C)(=N)=O)cc1. The molecule has 2 aliphatic rings. The third-order valence-corrected chi connectivity index (χ3v) is 8.31. The quantitative estimate of drug-likeness (QED) is 0.536. The van der Waals surface area contributed by atoms with E-state index in [-0.39, 0.29) is 23.8 Å². The zero-order valence-electron chi connectivity index (χ0n) is 20.8. The third-order valence-electron chi connectivity index (χ3n) is 7.13. The molecule has 37 heavy (non-hydrogen) atoms. The number of nitrogens with one attached hydrogen (secondary N) is 2. The average molecular weight is 540 g/mol. The molecule has 4 rings (SSSR count). The molecular formula is C26H32F3N3O4S. The molecule has 2 saturated heterocycles. The van der Waals surface area contributed by atoms with E-state index in [1.807, 2.05) is 6.92 Å². The van der Waals surface area contributed by atoms with Gasteiger partial charge in [-0.15, -0.1) is 0 Å². The molecule has 0 aliphatic carbocycles. The largest absolute Gasteiger partial charge is 0.489 e. The summed E-state index contributed by atoms with van der Waals surface area (Å²) in [6.45, 7) is 3.73. The summed E-state index contributed by atoms with van der Waals surface area (Å²) in [5, 5.41) is 3.11. The van der Waals surface area contributed by atoms with Crippen LogP contribution in [0.15, 0.2) is 53.4 Å². The zero-order valence-corrected chi connectivity index (χ0v) is 21.7. The van der Waals surface area contributed by atoms with Gasteiger partial charge >= 0.3 is 6.18 Å². The summed E-state index contributed by atoms with van der Waals surface area (Å²) in [4.78, 5) is 16.2. The van der Waals surface area contributed by atoms with Crippen LogP contribution in [0.2, 0.25) is 0 Å². The van der Waals surface area contributed by atoms with Gasteiger partial charge in [-0.05, 0) is 62.1 Å². The van der Waals surface area contributed by atoms with Gasteiger partial charge in [-0.25, -0.2) is 8.99 Å². The van der Waals surface area contributed by atoms with Gasteiger partial charge in [0.15, 0.2) is 0 Å². The van der Waals surface area contributed by atoms with Crippen molar-refractivity contribution < 1.29 is 31.6 Å². The lowest BCUT2D eigenvalue weighted by Crippen LogP contribution is -2.61. The first kappa shape index (κ1) is 27.4. The minimum absolute atomic E-state index is 0.133. The van der Waals surface area contributed by atoms with E-state index in [0.717, 1.165) is 17.7 Å². The van der Waals surface area contributed by atoms with Crippen LogP contribution in [0.25, 0.3) is 0 Å². The molecule has 2 unspecified atom stereocenters. The number of nitrogens with zero attached hydrogens (tertiary/aromatic N) is 1. The summed E-state index contributed by atoms with van der Waals surface area (Å²) in [6.07, 6.45) is -1.84. The van der Waals surface area contributed by atoms with Crippen molar-refractivity contribution >= 4 is 15.6 Å². The Kier molecular flexibility index (Phi) is 7.87. The lowest BCUT2D eigenvalue weighted by atomic mass is 9.86. The molecule has 0 spiro atoms. The average Bonchev–Trinajstić information content (AvgIpc) is 3.32. The number of alkyl halides is 3. The second kappa shape index (κ2) is 10.6. The van der Waals surface area contributed by atoms with E-state index < -0.39 is 27.0 Å². The molecule has 0 aromatic heterocycles. The number of rotatable bonds is 7. The van der Waals surface area contributed by atoms with Crippen LogP contribution < -0.4 is 10.1 Å². The molecular weight excluding hydrogens is 507 g/mol. The van der Waals surface area contributed by atoms with Gasteiger partial charge in [-0.3, -0.25) is 9.69 Å². The van der Waals surface area contributed by atoms with Gasteiger partial charge in [-0.1, -0.05) is 18.2 Å². The van der Waals surface area contributed by atoms with Crippen LogP contribution in [0.4, 0.5) is 13.2 Å². The second-order valence-electron chi connectivity index (χ2n) is 9.75. The van der Waals surface area contributed by atoms with E-state index in [0.29, 0.717) is 50.5 Å². The molecule has 202 valence electrons. The third kappa shape index (κ3) is 6.27. The van der Waals surface area contributed by atoms with Gasteiger partial charge in [0.1, 0.15) is 17.4 Å². The fourth-order valence-electron chi connectivity index (χ4n) is 4.98. The molecule has 2 aliphatic heterocycles. The Balaban J connectivity index is 1.45. The van der Waals surface area contributed by atoms with Crippen molar-refractivity contribution in [2.45, 2.75) is 54.9 Å². The summed E-state index contributed by atoms with van der Waals surface area (Å²) < 4.78 is 70.4. The molecule has 0 saturated carbocycles. The van der Waals surface area contributed by atoms with Crippen molar-refractivity contribution in [2.24, 2.45) is 0 Å². The Labute approximate surface area is 215 Å². The molecule has 2 N–H and O–H groups in total. The summed E-state index contributed by atoms with van der Waals surface area (Å²) >= 11 is 0. The van der Waals surface area contributed by atoms with Crippen LogP contribution in [0.3, 0.4) is 0 Å². The summed E-state index contributed by atoms with van der Waals surface area (Å²) in [5.41, 5.74) is -0.738. The minimum Gasteiger partial charge on any atom is -0.489 e. The van der Waals surface area contributed by atoms with Crippen LogP contribution in [0, 0.1) is 4.78 Å². The molecule has 1 amide bonds. The molecule has 3 atom stereocenters. The van der Waals surface area contributed by atoms with Crippen LogP contribution in [-0.4, -0.2) is 59.2 Å². The molecule has 2 heterocycles. The maximum absolute atomic E-state index is 13.7. The van der Waals surface area contributed by atoms with Gasteiger partial charge < -0.3 is 14.8 Å². The number of likely N-dealkylation sites (tertiary alicyclic amines) is 1. The fraction of sp³-hybridized carbons (Fsp3) is 0.500. The van der Waals surface area contributed by atoms with Crippen LogP contribution in [0.1, 0.15) is 43.4 Å². The van der Waals surface area contributed by atoms with Gasteiger partial charge in [0.25, 0.3) is 0 Å². The fourth-order valence-corrected chi connectivity index (χ4v) is 5.63. The standard InChI is InChI=1S/C26H32F3N3O4S/c1-18(19-6-8-23(9-7-19)37(2,30)34)31-24(33)25(11-14-35-15-12-25)32-13-10-22(17-32)36-21-5-3-4-20(16-21)26(27,28)29/h3-9,16,18,22,30H,10-15,17H2,1-2H3,(H,31,33)/t18?,22-,37?/m1/s1. The zero-order chi connectivity index (χ0) is 26.8. The highest BCUT2D eigenvalue weighted by atomic mass is 32.2. The summed E-state index contributed by atoms with van der Waals surface area (Å²) in [5.74, 6) is 0.0276. The number of amides is 1. The van der Waals surface area contributed by atoms with Crippen molar-refractivity contribution in [3.63, 3.8) is 0 Å². The van der Waals surface area contributed by atoms with E-state index >= 15 is 0 Å². The number of carbonyl (C=O) groups excluding carboxylic acids is 1. The Morgan fingerprint density at radius 1 is 1.22 bits per heavy atom. The molecule has 2 aromatic rings. The summed E-state index contributed by atoms with van der Waals surface area (Å²) in [7, 11) is -2.82. The van der Waals surface area contributed by atoms with Crippen molar-refractivity contribution in [3.05, 3.63) is 59.7 Å². The highest BCUT2D eigenvalue weighted by molar-refractivity contribution is 7.91. The molecule has 2 aromatic carbocycles. The first-order chi connectivity index (χ1) is 17.4. The van der Waals surface area contributed by atoms with Crippen molar-refractivity contribution in [1.29, 1.82) is 4.78 Å². The highest BCUT2D eigenvalue weighted by Crippen LogP contribution is 2.35. The number of carbonyl (C=O) groups is 1. The first-order valence-corrected chi connectivity index (χ1v) is 14.2. The lowest BCUT2D eigenvalue weighted by Gasteiger charge is -2.43. The number of hydrogen-bond donors (Lipinski definition) is 2. The van der Waals surface area contributed by atoms with Crippen LogP contribution in [-0.2, 0) is 25.4 Å². The smallest absolute Gasteiger partial charge is 0.416 e.